The highest BCUT2D eigenvalue weighted by molar-refractivity contribution is 5.65. The topological polar surface area (TPSA) is 95.1 Å². The van der Waals surface area contributed by atoms with Gasteiger partial charge in [-0.1, -0.05) is 5.21 Å². The molecule has 1 aromatic heterocycles. The third kappa shape index (κ3) is 5.98. The second kappa shape index (κ2) is 7.75. The number of aromatic nitrogens is 3. The number of esters is 1. The number of carbonyl (C=O) groups is 1. The summed E-state index contributed by atoms with van der Waals surface area (Å²) in [5, 5.41) is 11.1. The Morgan fingerprint density at radius 3 is 3.18 bits per heavy atom. The zero-order chi connectivity index (χ0) is 12.5. The Morgan fingerprint density at radius 2 is 2.47 bits per heavy atom. The lowest BCUT2D eigenvalue weighted by Gasteiger charge is -2.01. The minimum atomic E-state index is -0.254. The van der Waals surface area contributed by atoms with Crippen LogP contribution in [-0.4, -0.2) is 40.7 Å². The van der Waals surface area contributed by atoms with E-state index in [1.165, 1.54) is 6.92 Å². The number of hydrogen-bond acceptors (Lipinski definition) is 6. The van der Waals surface area contributed by atoms with E-state index in [4.69, 9.17) is 10.5 Å². The summed E-state index contributed by atoms with van der Waals surface area (Å²) >= 11 is 0. The highest BCUT2D eigenvalue weighted by Crippen LogP contribution is 1.95. The molecule has 3 N–H and O–H groups in total. The van der Waals surface area contributed by atoms with Gasteiger partial charge in [-0.2, -0.15) is 0 Å². The van der Waals surface area contributed by atoms with E-state index in [9.17, 15) is 4.79 Å². The molecule has 0 radical (unpaired) electrons. The molecule has 96 valence electrons. The first-order chi connectivity index (χ1) is 8.22. The van der Waals surface area contributed by atoms with Crippen molar-refractivity contribution in [2.45, 2.75) is 26.4 Å². The predicted molar refractivity (Wildman–Crippen MR) is 62.0 cm³/mol. The van der Waals surface area contributed by atoms with Crippen LogP contribution in [0.3, 0.4) is 0 Å². The summed E-state index contributed by atoms with van der Waals surface area (Å²) < 4.78 is 6.56. The van der Waals surface area contributed by atoms with Crippen LogP contribution in [0, 0.1) is 0 Å². The number of hydrogen-bond donors (Lipinski definition) is 2. The average Bonchev–Trinajstić information content (AvgIpc) is 2.73. The molecule has 0 aliphatic carbocycles. The van der Waals surface area contributed by atoms with Gasteiger partial charge in [-0.3, -0.25) is 9.48 Å². The maximum atomic E-state index is 10.5. The largest absolute Gasteiger partial charge is 0.466 e. The molecule has 0 spiro atoms. The number of ether oxygens (including phenoxy) is 1. The van der Waals surface area contributed by atoms with E-state index < -0.39 is 0 Å². The zero-order valence-corrected chi connectivity index (χ0v) is 10.1. The standard InChI is InChI=1S/C10H19N5O2/c1-9(16)17-6-2-5-15-8-10(13-14-15)7-12-4-3-11/h8,12H,2-7,11H2,1H3. The number of nitrogens with zero attached hydrogens (tertiary/aromatic N) is 3. The minimum absolute atomic E-state index is 0.254. The summed E-state index contributed by atoms with van der Waals surface area (Å²) in [4.78, 5) is 10.5. The summed E-state index contributed by atoms with van der Waals surface area (Å²) in [6, 6.07) is 0. The minimum Gasteiger partial charge on any atom is -0.466 e. The van der Waals surface area contributed by atoms with E-state index >= 15 is 0 Å². The van der Waals surface area contributed by atoms with Crippen LogP contribution in [0.2, 0.25) is 0 Å². The predicted octanol–water partition coefficient (Wildman–Crippen LogP) is -0.720. The molecule has 0 unspecified atom stereocenters. The molecule has 7 nitrogen and oxygen atoms in total. The van der Waals surface area contributed by atoms with E-state index in [-0.39, 0.29) is 5.97 Å². The molecule has 0 aliphatic heterocycles. The van der Waals surface area contributed by atoms with Crippen molar-refractivity contribution in [2.24, 2.45) is 5.73 Å². The third-order valence-electron chi connectivity index (χ3n) is 2.05. The average molecular weight is 241 g/mol. The molecule has 1 rings (SSSR count). The summed E-state index contributed by atoms with van der Waals surface area (Å²) in [5.74, 6) is -0.254. The summed E-state index contributed by atoms with van der Waals surface area (Å²) in [6.45, 7) is 4.54. The van der Waals surface area contributed by atoms with E-state index in [1.54, 1.807) is 4.68 Å². The molecular formula is C10H19N5O2. The normalized spacial score (nSPS) is 10.5. The number of carbonyl (C=O) groups excluding carboxylic acids is 1. The Bertz CT molecular complexity index is 339. The Morgan fingerprint density at radius 1 is 1.65 bits per heavy atom. The second-order valence-electron chi connectivity index (χ2n) is 3.63. The van der Waals surface area contributed by atoms with Crippen LogP contribution in [0.25, 0.3) is 0 Å². The molecule has 0 atom stereocenters. The van der Waals surface area contributed by atoms with Gasteiger partial charge in [-0.15, -0.1) is 5.10 Å². The SMILES string of the molecule is CC(=O)OCCCn1cc(CNCCN)nn1. The van der Waals surface area contributed by atoms with Crippen molar-refractivity contribution < 1.29 is 9.53 Å². The molecule has 0 saturated heterocycles. The first-order valence-electron chi connectivity index (χ1n) is 5.65. The smallest absolute Gasteiger partial charge is 0.302 e. The second-order valence-corrected chi connectivity index (χ2v) is 3.63. The Kier molecular flexibility index (Phi) is 6.19. The number of nitrogens with two attached hydrogens (primary N) is 1. The van der Waals surface area contributed by atoms with E-state index in [0.717, 1.165) is 18.7 Å². The number of aryl methyl sites for hydroxylation is 1. The lowest BCUT2D eigenvalue weighted by atomic mass is 10.4. The molecular weight excluding hydrogens is 222 g/mol. The van der Waals surface area contributed by atoms with Gasteiger partial charge in [0.25, 0.3) is 0 Å². The zero-order valence-electron chi connectivity index (χ0n) is 10.1. The van der Waals surface area contributed by atoms with Crippen LogP contribution in [-0.2, 0) is 22.6 Å². The molecule has 0 aliphatic rings. The molecule has 17 heavy (non-hydrogen) atoms. The van der Waals surface area contributed by atoms with Crippen molar-refractivity contribution in [1.82, 2.24) is 20.3 Å². The maximum Gasteiger partial charge on any atom is 0.302 e. The van der Waals surface area contributed by atoms with Gasteiger partial charge in [0.05, 0.1) is 12.3 Å². The van der Waals surface area contributed by atoms with Gasteiger partial charge in [0.1, 0.15) is 0 Å². The van der Waals surface area contributed by atoms with Crippen molar-refractivity contribution in [3.05, 3.63) is 11.9 Å². The monoisotopic (exact) mass is 241 g/mol. The summed E-state index contributed by atoms with van der Waals surface area (Å²) in [6.07, 6.45) is 2.61. The van der Waals surface area contributed by atoms with E-state index in [2.05, 4.69) is 15.6 Å². The highest BCUT2D eigenvalue weighted by Gasteiger charge is 2.00. The van der Waals surface area contributed by atoms with Crippen LogP contribution in [0.15, 0.2) is 6.20 Å². The molecule has 0 amide bonds. The Labute approximate surface area is 100 Å². The van der Waals surface area contributed by atoms with Crippen LogP contribution in [0.5, 0.6) is 0 Å². The fourth-order valence-electron chi connectivity index (χ4n) is 1.29. The van der Waals surface area contributed by atoms with Crippen LogP contribution in [0.4, 0.5) is 0 Å². The van der Waals surface area contributed by atoms with Crippen molar-refractivity contribution in [2.75, 3.05) is 19.7 Å². The van der Waals surface area contributed by atoms with Crippen LogP contribution >= 0.6 is 0 Å². The Hall–Kier alpha value is -1.47. The lowest BCUT2D eigenvalue weighted by molar-refractivity contribution is -0.141. The maximum absolute atomic E-state index is 10.5. The van der Waals surface area contributed by atoms with Crippen molar-refractivity contribution in [3.8, 4) is 0 Å². The van der Waals surface area contributed by atoms with Gasteiger partial charge < -0.3 is 15.8 Å². The van der Waals surface area contributed by atoms with Gasteiger partial charge in [0, 0.05) is 45.7 Å². The fraction of sp³-hybridized carbons (Fsp3) is 0.700. The highest BCUT2D eigenvalue weighted by atomic mass is 16.5. The third-order valence-corrected chi connectivity index (χ3v) is 2.05. The quantitative estimate of drug-likeness (QED) is 0.460. The van der Waals surface area contributed by atoms with Gasteiger partial charge in [0.15, 0.2) is 0 Å². The van der Waals surface area contributed by atoms with Gasteiger partial charge in [-0.25, -0.2) is 0 Å². The van der Waals surface area contributed by atoms with Gasteiger partial charge in [-0.05, 0) is 0 Å². The number of nitrogens with one attached hydrogen (secondary N) is 1. The van der Waals surface area contributed by atoms with Crippen molar-refractivity contribution in [1.29, 1.82) is 0 Å². The van der Waals surface area contributed by atoms with Crippen LogP contribution < -0.4 is 11.1 Å². The van der Waals surface area contributed by atoms with Crippen molar-refractivity contribution >= 4 is 5.97 Å². The van der Waals surface area contributed by atoms with Gasteiger partial charge in [0.2, 0.25) is 0 Å². The molecule has 0 saturated carbocycles. The van der Waals surface area contributed by atoms with E-state index in [1.807, 2.05) is 6.20 Å². The van der Waals surface area contributed by atoms with Crippen LogP contribution in [0.1, 0.15) is 19.0 Å². The molecule has 0 aromatic carbocycles. The first-order valence-corrected chi connectivity index (χ1v) is 5.65. The summed E-state index contributed by atoms with van der Waals surface area (Å²) in [7, 11) is 0. The summed E-state index contributed by atoms with van der Waals surface area (Å²) in [5.41, 5.74) is 6.24. The molecule has 0 bridgehead atoms. The fourth-order valence-corrected chi connectivity index (χ4v) is 1.29. The number of rotatable bonds is 8. The molecule has 7 heteroatoms. The Balaban J connectivity index is 2.18. The van der Waals surface area contributed by atoms with Gasteiger partial charge >= 0.3 is 5.97 Å². The van der Waals surface area contributed by atoms with E-state index in [0.29, 0.717) is 26.2 Å². The lowest BCUT2D eigenvalue weighted by Crippen LogP contribution is -2.22. The molecule has 1 aromatic rings. The van der Waals surface area contributed by atoms with Crippen molar-refractivity contribution in [3.63, 3.8) is 0 Å². The molecule has 0 fully saturated rings. The first kappa shape index (κ1) is 13.6. The molecule has 1 heterocycles.